The van der Waals surface area contributed by atoms with Crippen molar-refractivity contribution in [3.63, 3.8) is 0 Å². The van der Waals surface area contributed by atoms with Gasteiger partial charge in [0, 0.05) is 71.5 Å². The Kier molecular flexibility index (Phi) is 5.71. The fourth-order valence-electron chi connectivity index (χ4n) is 6.05. The normalized spacial score (nSPS) is 17.5. The van der Waals surface area contributed by atoms with Gasteiger partial charge in [0.25, 0.3) is 0 Å². The fraction of sp³-hybridized carbons (Fsp3) is 0.400. The minimum Gasteiger partial charge on any atom is -0.366 e. The van der Waals surface area contributed by atoms with E-state index in [1.165, 1.54) is 46.3 Å². The molecule has 36 heavy (non-hydrogen) atoms. The summed E-state index contributed by atoms with van der Waals surface area (Å²) in [5, 5.41) is 2.00. The Morgan fingerprint density at radius 3 is 2.69 bits per heavy atom. The quantitative estimate of drug-likeness (QED) is 0.327. The van der Waals surface area contributed by atoms with Crippen LogP contribution in [-0.4, -0.2) is 34.6 Å². The number of halogens is 1. The largest absolute Gasteiger partial charge is 0.366 e. The number of hydrogen-bond acceptors (Lipinski definition) is 4. The third-order valence-electron chi connectivity index (χ3n) is 7.89. The number of hydrogen-bond donors (Lipinski definition) is 1. The highest BCUT2D eigenvalue weighted by Gasteiger charge is 2.32. The van der Waals surface area contributed by atoms with Crippen LogP contribution in [0.25, 0.3) is 22.3 Å². The molecule has 6 rings (SSSR count). The predicted molar refractivity (Wildman–Crippen MR) is 150 cm³/mol. The number of H-pyrrole nitrogens is 1. The zero-order chi connectivity index (χ0) is 25.0. The molecule has 0 atom stereocenters. The van der Waals surface area contributed by atoms with Crippen LogP contribution in [0, 0.1) is 19.3 Å². The van der Waals surface area contributed by atoms with E-state index in [0.29, 0.717) is 0 Å². The molecule has 0 spiro atoms. The molecule has 1 fully saturated rings. The van der Waals surface area contributed by atoms with E-state index < -0.39 is 0 Å². The highest BCUT2D eigenvalue weighted by Crippen LogP contribution is 2.38. The van der Waals surface area contributed by atoms with Crippen molar-refractivity contribution in [3.05, 3.63) is 70.0 Å². The molecule has 0 radical (unpaired) electrons. The second-order valence-electron chi connectivity index (χ2n) is 11.3. The van der Waals surface area contributed by atoms with E-state index in [9.17, 15) is 0 Å². The van der Waals surface area contributed by atoms with Gasteiger partial charge in [0.05, 0.1) is 5.69 Å². The standard InChI is InChI=1S/C30H34ClN5/c1-19-9-10-21(31)15-26(19)35-14-11-24-23(17-35)29(36-13-6-12-30(3,4)18-36)34-28(33-24)22-7-5-8-25-27(22)20(2)16-32-25/h5,7-10,15-16,32H,6,11-14,17-18H2,1-4H3. The Morgan fingerprint density at radius 1 is 1.00 bits per heavy atom. The Morgan fingerprint density at radius 2 is 1.86 bits per heavy atom. The van der Waals surface area contributed by atoms with Crippen molar-refractivity contribution in [2.75, 3.05) is 29.4 Å². The second-order valence-corrected chi connectivity index (χ2v) is 11.7. The molecule has 2 aliphatic heterocycles. The van der Waals surface area contributed by atoms with Crippen molar-refractivity contribution in [1.82, 2.24) is 15.0 Å². The molecule has 0 bridgehead atoms. The van der Waals surface area contributed by atoms with Gasteiger partial charge < -0.3 is 14.8 Å². The number of anilines is 2. The van der Waals surface area contributed by atoms with Gasteiger partial charge in [-0.2, -0.15) is 0 Å². The van der Waals surface area contributed by atoms with Gasteiger partial charge in [-0.15, -0.1) is 0 Å². The predicted octanol–water partition coefficient (Wildman–Crippen LogP) is 7.08. The number of aryl methyl sites for hydroxylation is 2. The molecule has 0 unspecified atom stereocenters. The molecule has 2 aromatic carbocycles. The molecule has 0 aliphatic carbocycles. The minimum absolute atomic E-state index is 0.269. The van der Waals surface area contributed by atoms with Crippen molar-refractivity contribution < 1.29 is 0 Å². The van der Waals surface area contributed by atoms with E-state index in [-0.39, 0.29) is 5.41 Å². The molecule has 4 aromatic rings. The molecular weight excluding hydrogens is 466 g/mol. The van der Waals surface area contributed by atoms with E-state index >= 15 is 0 Å². The maximum atomic E-state index is 6.40. The number of aromatic nitrogens is 3. The van der Waals surface area contributed by atoms with Gasteiger partial charge in [-0.25, -0.2) is 9.97 Å². The maximum absolute atomic E-state index is 6.40. The van der Waals surface area contributed by atoms with E-state index in [1.807, 2.05) is 6.07 Å². The maximum Gasteiger partial charge on any atom is 0.162 e. The summed E-state index contributed by atoms with van der Waals surface area (Å²) in [6, 6.07) is 12.6. The summed E-state index contributed by atoms with van der Waals surface area (Å²) in [4.78, 5) is 18.9. The summed E-state index contributed by atoms with van der Waals surface area (Å²) in [5.74, 6) is 1.95. The molecule has 0 saturated carbocycles. The Balaban J connectivity index is 1.49. The lowest BCUT2D eigenvalue weighted by Crippen LogP contribution is -2.42. The molecule has 5 nitrogen and oxygen atoms in total. The first-order valence-corrected chi connectivity index (χ1v) is 13.4. The van der Waals surface area contributed by atoms with Crippen molar-refractivity contribution >= 4 is 34.0 Å². The highest BCUT2D eigenvalue weighted by molar-refractivity contribution is 6.30. The van der Waals surface area contributed by atoms with Gasteiger partial charge in [-0.3, -0.25) is 0 Å². The summed E-state index contributed by atoms with van der Waals surface area (Å²) in [6.45, 7) is 12.8. The number of nitrogens with zero attached hydrogens (tertiary/aromatic N) is 4. The number of benzene rings is 2. The smallest absolute Gasteiger partial charge is 0.162 e. The zero-order valence-corrected chi connectivity index (χ0v) is 22.4. The third-order valence-corrected chi connectivity index (χ3v) is 8.13. The van der Waals surface area contributed by atoms with E-state index in [0.717, 1.165) is 60.3 Å². The first-order valence-electron chi connectivity index (χ1n) is 13.0. The lowest BCUT2D eigenvalue weighted by molar-refractivity contribution is 0.291. The Bertz CT molecular complexity index is 1450. The van der Waals surface area contributed by atoms with E-state index in [1.54, 1.807) is 0 Å². The van der Waals surface area contributed by atoms with Crippen LogP contribution in [0.1, 0.15) is 49.1 Å². The SMILES string of the molecule is Cc1ccc(Cl)cc1N1CCc2nc(-c3cccc4[nH]cc(C)c34)nc(N3CCCC(C)(C)C3)c2C1. The number of rotatable bonds is 3. The van der Waals surface area contributed by atoms with Crippen LogP contribution in [-0.2, 0) is 13.0 Å². The van der Waals surface area contributed by atoms with Gasteiger partial charge in [0.15, 0.2) is 5.82 Å². The molecule has 2 aliphatic rings. The Labute approximate surface area is 218 Å². The van der Waals surface area contributed by atoms with Crippen LogP contribution in [0.4, 0.5) is 11.5 Å². The van der Waals surface area contributed by atoms with Crippen molar-refractivity contribution in [2.24, 2.45) is 5.41 Å². The molecule has 1 saturated heterocycles. The van der Waals surface area contributed by atoms with Crippen LogP contribution in [0.15, 0.2) is 42.6 Å². The average molecular weight is 500 g/mol. The van der Waals surface area contributed by atoms with Crippen LogP contribution in [0.3, 0.4) is 0 Å². The highest BCUT2D eigenvalue weighted by atomic mass is 35.5. The molecule has 1 N–H and O–H groups in total. The number of piperidine rings is 1. The molecular formula is C30H34ClN5. The van der Waals surface area contributed by atoms with Crippen molar-refractivity contribution in [1.29, 1.82) is 0 Å². The van der Waals surface area contributed by atoms with E-state index in [2.05, 4.69) is 79.0 Å². The van der Waals surface area contributed by atoms with Crippen molar-refractivity contribution in [3.8, 4) is 11.4 Å². The van der Waals surface area contributed by atoms with Crippen LogP contribution in [0.2, 0.25) is 5.02 Å². The first kappa shape index (κ1) is 23.4. The number of aromatic amines is 1. The van der Waals surface area contributed by atoms with Gasteiger partial charge in [0.2, 0.25) is 0 Å². The molecule has 4 heterocycles. The summed E-state index contributed by atoms with van der Waals surface area (Å²) in [6.07, 6.45) is 5.40. The monoisotopic (exact) mass is 499 g/mol. The number of fused-ring (bicyclic) bond motifs is 2. The fourth-order valence-corrected chi connectivity index (χ4v) is 6.22. The second kappa shape index (κ2) is 8.81. The summed E-state index contributed by atoms with van der Waals surface area (Å²) in [7, 11) is 0. The topological polar surface area (TPSA) is 48.1 Å². The van der Waals surface area contributed by atoms with Gasteiger partial charge >= 0.3 is 0 Å². The summed E-state index contributed by atoms with van der Waals surface area (Å²) < 4.78 is 0. The van der Waals surface area contributed by atoms with Crippen LogP contribution in [0.5, 0.6) is 0 Å². The summed E-state index contributed by atoms with van der Waals surface area (Å²) >= 11 is 6.40. The summed E-state index contributed by atoms with van der Waals surface area (Å²) in [5.41, 5.74) is 8.63. The average Bonchev–Trinajstić information content (AvgIpc) is 3.25. The molecule has 2 aromatic heterocycles. The first-order chi connectivity index (χ1) is 17.3. The minimum atomic E-state index is 0.269. The lowest BCUT2D eigenvalue weighted by Gasteiger charge is -2.41. The van der Waals surface area contributed by atoms with Crippen LogP contribution >= 0.6 is 11.6 Å². The van der Waals surface area contributed by atoms with E-state index in [4.69, 9.17) is 21.6 Å². The molecule has 6 heteroatoms. The third kappa shape index (κ3) is 4.13. The molecule has 0 amide bonds. The van der Waals surface area contributed by atoms with Crippen LogP contribution < -0.4 is 9.80 Å². The van der Waals surface area contributed by atoms with Gasteiger partial charge in [-0.05, 0) is 61.4 Å². The zero-order valence-electron chi connectivity index (χ0n) is 21.7. The number of nitrogens with one attached hydrogen (secondary N) is 1. The van der Waals surface area contributed by atoms with Crippen molar-refractivity contribution in [2.45, 2.75) is 53.5 Å². The van der Waals surface area contributed by atoms with Gasteiger partial charge in [-0.1, -0.05) is 43.6 Å². The Hall–Kier alpha value is -3.05. The molecule has 186 valence electrons. The van der Waals surface area contributed by atoms with Gasteiger partial charge in [0.1, 0.15) is 5.82 Å². The lowest BCUT2D eigenvalue weighted by atomic mass is 9.84.